The summed E-state index contributed by atoms with van der Waals surface area (Å²) in [5.74, 6) is -1.25. The summed E-state index contributed by atoms with van der Waals surface area (Å²) in [6.07, 6.45) is 0. The summed E-state index contributed by atoms with van der Waals surface area (Å²) < 4.78 is 0.431. The fourth-order valence-corrected chi connectivity index (χ4v) is 1.87. The molecule has 0 radical (unpaired) electrons. The zero-order chi connectivity index (χ0) is 13.3. The van der Waals surface area contributed by atoms with E-state index in [2.05, 4.69) is 0 Å². The van der Waals surface area contributed by atoms with E-state index in [1.54, 1.807) is 37.3 Å². The van der Waals surface area contributed by atoms with E-state index in [-0.39, 0.29) is 5.69 Å². The summed E-state index contributed by atoms with van der Waals surface area (Å²) in [5.41, 5.74) is 1.37. The zero-order valence-corrected chi connectivity index (χ0v) is 10.3. The molecule has 1 N–H and O–H groups in total. The fourth-order valence-electron chi connectivity index (χ4n) is 1.74. The summed E-state index contributed by atoms with van der Waals surface area (Å²) in [7, 11) is 0. The largest absolute Gasteiger partial charge is 0.618 e. The molecule has 92 valence electrons. The van der Waals surface area contributed by atoms with E-state index in [0.29, 0.717) is 26.6 Å². The van der Waals surface area contributed by atoms with Crippen LogP contribution in [0.15, 0.2) is 36.4 Å². The molecule has 0 aliphatic heterocycles. The third-order valence-electron chi connectivity index (χ3n) is 2.62. The predicted molar refractivity (Wildman–Crippen MR) is 67.5 cm³/mol. The maximum absolute atomic E-state index is 12.0. The van der Waals surface area contributed by atoms with Crippen molar-refractivity contribution >= 4 is 17.6 Å². The number of hydrogen-bond donors (Lipinski definition) is 1. The Bertz CT molecular complexity index is 608. The number of carboxylic acids is 1. The van der Waals surface area contributed by atoms with Crippen LogP contribution < -0.4 is 4.73 Å². The SMILES string of the molecule is Cc1ccc(C(=O)O)[n+]([O-])c1-c1ccc(Cl)cc1. The Morgan fingerprint density at radius 1 is 1.22 bits per heavy atom. The normalized spacial score (nSPS) is 10.3. The first-order chi connectivity index (χ1) is 8.50. The maximum Gasteiger partial charge on any atom is 0.402 e. The summed E-state index contributed by atoms with van der Waals surface area (Å²) >= 11 is 5.78. The second kappa shape index (κ2) is 4.66. The molecule has 0 aliphatic carbocycles. The topological polar surface area (TPSA) is 64.2 Å². The standard InChI is InChI=1S/C13H10ClNO3/c1-8-2-7-11(13(16)17)15(18)12(8)9-3-5-10(14)6-4-9/h2-7H,1H3,(H,16,17). The molecule has 0 saturated heterocycles. The van der Waals surface area contributed by atoms with Gasteiger partial charge in [-0.3, -0.25) is 0 Å². The van der Waals surface area contributed by atoms with Crippen molar-refractivity contribution in [3.05, 3.63) is 57.9 Å². The van der Waals surface area contributed by atoms with E-state index in [9.17, 15) is 10.0 Å². The van der Waals surface area contributed by atoms with E-state index in [1.165, 1.54) is 6.07 Å². The van der Waals surface area contributed by atoms with E-state index in [0.717, 1.165) is 0 Å². The van der Waals surface area contributed by atoms with Gasteiger partial charge < -0.3 is 10.3 Å². The van der Waals surface area contributed by atoms with Crippen LogP contribution in [0.2, 0.25) is 5.02 Å². The second-order valence-corrected chi connectivity index (χ2v) is 4.29. The van der Waals surface area contributed by atoms with Crippen molar-refractivity contribution in [2.75, 3.05) is 0 Å². The number of aryl methyl sites for hydroxylation is 1. The van der Waals surface area contributed by atoms with Gasteiger partial charge in [0.15, 0.2) is 0 Å². The Labute approximate surface area is 109 Å². The van der Waals surface area contributed by atoms with Crippen LogP contribution in [0.4, 0.5) is 0 Å². The molecule has 0 atom stereocenters. The van der Waals surface area contributed by atoms with E-state index in [1.807, 2.05) is 0 Å². The van der Waals surface area contributed by atoms with Crippen molar-refractivity contribution in [3.8, 4) is 11.3 Å². The van der Waals surface area contributed by atoms with Gasteiger partial charge in [-0.25, -0.2) is 4.79 Å². The summed E-state index contributed by atoms with van der Waals surface area (Å²) in [6, 6.07) is 9.59. The zero-order valence-electron chi connectivity index (χ0n) is 9.55. The Balaban J connectivity index is 2.66. The Morgan fingerprint density at radius 3 is 2.39 bits per heavy atom. The third kappa shape index (κ3) is 2.15. The lowest BCUT2D eigenvalue weighted by atomic mass is 10.1. The van der Waals surface area contributed by atoms with Crippen molar-refractivity contribution in [3.63, 3.8) is 0 Å². The van der Waals surface area contributed by atoms with Crippen LogP contribution in [0.3, 0.4) is 0 Å². The van der Waals surface area contributed by atoms with Crippen LogP contribution in [0.5, 0.6) is 0 Å². The molecular formula is C13H10ClNO3. The number of pyridine rings is 1. The molecule has 4 nitrogen and oxygen atoms in total. The fraction of sp³-hybridized carbons (Fsp3) is 0.0769. The van der Waals surface area contributed by atoms with Crippen molar-refractivity contribution in [2.45, 2.75) is 6.92 Å². The van der Waals surface area contributed by atoms with E-state index in [4.69, 9.17) is 16.7 Å². The minimum Gasteiger partial charge on any atom is -0.618 e. The number of aromatic nitrogens is 1. The summed E-state index contributed by atoms with van der Waals surface area (Å²) in [5, 5.41) is 21.5. The Hall–Kier alpha value is -2.07. The lowest BCUT2D eigenvalue weighted by molar-refractivity contribution is -0.597. The molecule has 0 fully saturated rings. The molecule has 2 rings (SSSR count). The minimum absolute atomic E-state index is 0.300. The second-order valence-electron chi connectivity index (χ2n) is 3.86. The molecule has 2 aromatic rings. The Kier molecular flexibility index (Phi) is 3.21. The molecule has 1 aromatic carbocycles. The van der Waals surface area contributed by atoms with Gasteiger partial charge in [0.2, 0.25) is 5.69 Å². The average Bonchev–Trinajstić information content (AvgIpc) is 2.31. The number of hydrogen-bond acceptors (Lipinski definition) is 2. The van der Waals surface area contributed by atoms with Crippen molar-refractivity contribution in [2.24, 2.45) is 0 Å². The predicted octanol–water partition coefficient (Wildman–Crippen LogP) is 2.65. The molecule has 18 heavy (non-hydrogen) atoms. The van der Waals surface area contributed by atoms with Gasteiger partial charge >= 0.3 is 11.7 Å². The number of rotatable bonds is 2. The number of halogens is 1. The number of benzene rings is 1. The number of aromatic carboxylic acids is 1. The van der Waals surface area contributed by atoms with Gasteiger partial charge in [0.1, 0.15) is 0 Å². The van der Waals surface area contributed by atoms with Crippen LogP contribution in [0.1, 0.15) is 16.1 Å². The van der Waals surface area contributed by atoms with Gasteiger partial charge in [-0.15, -0.1) is 0 Å². The quantitative estimate of drug-likeness (QED) is 0.669. The highest BCUT2D eigenvalue weighted by Crippen LogP contribution is 2.22. The number of carbonyl (C=O) groups is 1. The van der Waals surface area contributed by atoms with Crippen LogP contribution >= 0.6 is 11.6 Å². The molecule has 0 saturated carbocycles. The van der Waals surface area contributed by atoms with Crippen LogP contribution in [-0.2, 0) is 0 Å². The summed E-state index contributed by atoms with van der Waals surface area (Å²) in [4.78, 5) is 10.9. The van der Waals surface area contributed by atoms with E-state index < -0.39 is 5.97 Å². The van der Waals surface area contributed by atoms with Gasteiger partial charge in [-0.2, -0.15) is 4.73 Å². The molecule has 0 spiro atoms. The van der Waals surface area contributed by atoms with Crippen molar-refractivity contribution in [1.82, 2.24) is 0 Å². The lowest BCUT2D eigenvalue weighted by Gasteiger charge is -2.09. The van der Waals surface area contributed by atoms with Gasteiger partial charge in [0.25, 0.3) is 0 Å². The maximum atomic E-state index is 12.0. The Morgan fingerprint density at radius 2 is 1.83 bits per heavy atom. The lowest BCUT2D eigenvalue weighted by Crippen LogP contribution is -2.37. The average molecular weight is 264 g/mol. The van der Waals surface area contributed by atoms with Gasteiger partial charge in [-0.1, -0.05) is 11.6 Å². The first-order valence-corrected chi connectivity index (χ1v) is 5.61. The van der Waals surface area contributed by atoms with Crippen LogP contribution in [0, 0.1) is 12.1 Å². The first-order valence-electron chi connectivity index (χ1n) is 5.23. The minimum atomic E-state index is -1.25. The van der Waals surface area contributed by atoms with Gasteiger partial charge in [0.05, 0.1) is 0 Å². The molecule has 0 bridgehead atoms. The number of nitrogens with zero attached hydrogens (tertiary/aromatic N) is 1. The van der Waals surface area contributed by atoms with Crippen LogP contribution in [0.25, 0.3) is 11.3 Å². The molecule has 0 amide bonds. The highest BCUT2D eigenvalue weighted by atomic mass is 35.5. The van der Waals surface area contributed by atoms with Crippen molar-refractivity contribution < 1.29 is 14.6 Å². The van der Waals surface area contributed by atoms with E-state index >= 15 is 0 Å². The molecule has 0 aliphatic rings. The molecule has 5 heteroatoms. The molecule has 0 unspecified atom stereocenters. The first kappa shape index (κ1) is 12.4. The summed E-state index contributed by atoms with van der Waals surface area (Å²) in [6.45, 7) is 1.75. The van der Waals surface area contributed by atoms with Gasteiger partial charge in [-0.05, 0) is 37.3 Å². The third-order valence-corrected chi connectivity index (χ3v) is 2.88. The van der Waals surface area contributed by atoms with Crippen molar-refractivity contribution in [1.29, 1.82) is 0 Å². The highest BCUT2D eigenvalue weighted by molar-refractivity contribution is 6.30. The monoisotopic (exact) mass is 263 g/mol. The smallest absolute Gasteiger partial charge is 0.402 e. The molecule has 1 aromatic heterocycles. The molecule has 1 heterocycles. The highest BCUT2D eigenvalue weighted by Gasteiger charge is 2.21. The van der Waals surface area contributed by atoms with Gasteiger partial charge in [0, 0.05) is 22.2 Å². The van der Waals surface area contributed by atoms with Crippen LogP contribution in [-0.4, -0.2) is 11.1 Å². The number of carboxylic acid groups (broad SMARTS) is 1. The molecular weight excluding hydrogens is 254 g/mol.